The van der Waals surface area contributed by atoms with Crippen molar-refractivity contribution in [2.45, 2.75) is 13.0 Å². The summed E-state index contributed by atoms with van der Waals surface area (Å²) in [6.45, 7) is -2.60. The van der Waals surface area contributed by atoms with Gasteiger partial charge in [0.2, 0.25) is 0 Å². The van der Waals surface area contributed by atoms with Crippen LogP contribution in [0.5, 0.6) is 17.2 Å². The number of rotatable bonds is 9. The lowest BCUT2D eigenvalue weighted by molar-refractivity contribution is -0.117. The van der Waals surface area contributed by atoms with Gasteiger partial charge in [-0.25, -0.2) is 0 Å². The average molecular weight is 402 g/mol. The Hall–Kier alpha value is -3.60. The summed E-state index contributed by atoms with van der Waals surface area (Å²) in [5.41, 5.74) is 1.35. The molecule has 0 unspecified atom stereocenters. The molecule has 2 aromatic carbocycles. The minimum atomic E-state index is -2.91. The molecule has 0 saturated heterocycles. The summed E-state index contributed by atoms with van der Waals surface area (Å²) >= 11 is 0. The van der Waals surface area contributed by atoms with Crippen LogP contribution >= 0.6 is 0 Å². The van der Waals surface area contributed by atoms with Gasteiger partial charge in [0.25, 0.3) is 5.91 Å². The van der Waals surface area contributed by atoms with Crippen molar-refractivity contribution in [3.8, 4) is 23.3 Å². The van der Waals surface area contributed by atoms with Gasteiger partial charge >= 0.3 is 6.61 Å². The van der Waals surface area contributed by atoms with Gasteiger partial charge in [-0.3, -0.25) is 4.79 Å². The van der Waals surface area contributed by atoms with Gasteiger partial charge in [0.1, 0.15) is 17.4 Å². The zero-order chi connectivity index (χ0) is 21.2. The molecule has 0 aliphatic rings. The van der Waals surface area contributed by atoms with Crippen LogP contribution in [-0.2, 0) is 11.2 Å². The maximum Gasteiger partial charge on any atom is 0.387 e. The minimum absolute atomic E-state index is 0.00460. The van der Waals surface area contributed by atoms with Crippen LogP contribution in [0.25, 0.3) is 6.08 Å². The highest BCUT2D eigenvalue weighted by Gasteiger charge is 2.10. The predicted octanol–water partition coefficient (Wildman–Crippen LogP) is 3.57. The highest BCUT2D eigenvalue weighted by molar-refractivity contribution is 6.01. The van der Waals surface area contributed by atoms with Crippen molar-refractivity contribution in [3.63, 3.8) is 0 Å². The quantitative estimate of drug-likeness (QED) is 0.512. The van der Waals surface area contributed by atoms with Crippen molar-refractivity contribution in [1.29, 1.82) is 5.26 Å². The first-order chi connectivity index (χ1) is 14.0. The van der Waals surface area contributed by atoms with Gasteiger partial charge in [-0.2, -0.15) is 14.0 Å². The monoisotopic (exact) mass is 402 g/mol. The molecule has 29 heavy (non-hydrogen) atoms. The van der Waals surface area contributed by atoms with Gasteiger partial charge in [0.05, 0.1) is 14.2 Å². The lowest BCUT2D eigenvalue weighted by Gasteiger charge is -2.10. The number of methoxy groups -OCH3 is 2. The van der Waals surface area contributed by atoms with Crippen molar-refractivity contribution >= 4 is 12.0 Å². The van der Waals surface area contributed by atoms with Gasteiger partial charge in [-0.15, -0.1) is 0 Å². The number of nitrogens with zero attached hydrogens (tertiary/aromatic N) is 1. The molecule has 0 radical (unpaired) electrons. The van der Waals surface area contributed by atoms with E-state index in [1.165, 1.54) is 30.3 Å². The molecule has 0 bridgehead atoms. The number of nitriles is 1. The number of hydrogen-bond acceptors (Lipinski definition) is 5. The van der Waals surface area contributed by atoms with Crippen LogP contribution < -0.4 is 19.5 Å². The zero-order valence-electron chi connectivity index (χ0n) is 15.9. The molecule has 0 aromatic heterocycles. The molecular formula is C21H20F2N2O4. The highest BCUT2D eigenvalue weighted by Crippen LogP contribution is 2.27. The van der Waals surface area contributed by atoms with Crippen LogP contribution in [0.2, 0.25) is 0 Å². The minimum Gasteiger partial charge on any atom is -0.493 e. The number of benzene rings is 2. The summed E-state index contributed by atoms with van der Waals surface area (Å²) in [5, 5.41) is 11.9. The van der Waals surface area contributed by atoms with E-state index in [4.69, 9.17) is 9.47 Å². The van der Waals surface area contributed by atoms with Crippen molar-refractivity contribution in [1.82, 2.24) is 5.32 Å². The Kier molecular flexibility index (Phi) is 7.98. The van der Waals surface area contributed by atoms with E-state index in [2.05, 4.69) is 10.1 Å². The Morgan fingerprint density at radius 3 is 2.41 bits per heavy atom. The molecule has 0 aliphatic heterocycles. The van der Waals surface area contributed by atoms with Gasteiger partial charge in [-0.1, -0.05) is 18.2 Å². The number of carbonyl (C=O) groups excluding carboxylic acids is 1. The number of carbonyl (C=O) groups is 1. The van der Waals surface area contributed by atoms with E-state index in [-0.39, 0.29) is 11.3 Å². The molecule has 6 nitrogen and oxygen atoms in total. The first-order valence-electron chi connectivity index (χ1n) is 8.62. The van der Waals surface area contributed by atoms with Crippen LogP contribution in [0.1, 0.15) is 11.1 Å². The van der Waals surface area contributed by atoms with Crippen LogP contribution in [0.4, 0.5) is 8.78 Å². The fourth-order valence-corrected chi connectivity index (χ4v) is 2.51. The fourth-order valence-electron chi connectivity index (χ4n) is 2.51. The van der Waals surface area contributed by atoms with Gasteiger partial charge < -0.3 is 19.5 Å². The summed E-state index contributed by atoms with van der Waals surface area (Å²) in [7, 11) is 3.09. The number of amides is 1. The second-order valence-electron chi connectivity index (χ2n) is 5.81. The van der Waals surface area contributed by atoms with Gasteiger partial charge in [0, 0.05) is 6.54 Å². The van der Waals surface area contributed by atoms with Crippen molar-refractivity contribution in [3.05, 3.63) is 59.2 Å². The molecule has 0 saturated carbocycles. The maximum absolute atomic E-state index is 12.2. The molecule has 152 valence electrons. The lowest BCUT2D eigenvalue weighted by atomic mass is 10.1. The van der Waals surface area contributed by atoms with E-state index in [9.17, 15) is 18.8 Å². The first kappa shape index (κ1) is 21.7. The Balaban J connectivity index is 1.96. The second kappa shape index (κ2) is 10.7. The third-order valence-corrected chi connectivity index (χ3v) is 3.93. The molecule has 2 rings (SSSR count). The maximum atomic E-state index is 12.2. The van der Waals surface area contributed by atoms with Crippen LogP contribution in [0.15, 0.2) is 48.0 Å². The summed E-state index contributed by atoms with van der Waals surface area (Å²) in [5.74, 6) is 0.670. The molecule has 0 heterocycles. The van der Waals surface area contributed by atoms with E-state index >= 15 is 0 Å². The standard InChI is InChI=1S/C21H20F2N2O4/c1-27-18-8-5-15(12-19(18)28-2)9-10-25-20(26)16(13-24)11-14-3-6-17(7-4-14)29-21(22)23/h3-8,11-12,21H,9-10H2,1-2H3,(H,25,26)/b16-11+. The third-order valence-electron chi connectivity index (χ3n) is 3.93. The van der Waals surface area contributed by atoms with E-state index in [0.29, 0.717) is 30.0 Å². The van der Waals surface area contributed by atoms with Crippen LogP contribution in [-0.4, -0.2) is 33.3 Å². The number of hydrogen-bond donors (Lipinski definition) is 1. The Labute approximate surface area is 167 Å². The second-order valence-corrected chi connectivity index (χ2v) is 5.81. The molecule has 1 N–H and O–H groups in total. The number of ether oxygens (including phenoxy) is 3. The predicted molar refractivity (Wildman–Crippen MR) is 103 cm³/mol. The SMILES string of the molecule is COc1ccc(CCNC(=O)/C(C#N)=C/c2ccc(OC(F)F)cc2)cc1OC. The topological polar surface area (TPSA) is 80.6 Å². The lowest BCUT2D eigenvalue weighted by Crippen LogP contribution is -2.26. The largest absolute Gasteiger partial charge is 0.493 e. The fraction of sp³-hybridized carbons (Fsp3) is 0.238. The molecule has 0 atom stereocenters. The molecule has 8 heteroatoms. The number of alkyl halides is 2. The summed E-state index contributed by atoms with van der Waals surface area (Å²) in [6, 6.07) is 12.9. The van der Waals surface area contributed by atoms with Crippen LogP contribution in [0.3, 0.4) is 0 Å². The third kappa shape index (κ3) is 6.50. The molecule has 0 spiro atoms. The summed E-state index contributed by atoms with van der Waals surface area (Å²) in [6.07, 6.45) is 1.91. The first-order valence-corrected chi connectivity index (χ1v) is 8.62. The molecule has 2 aromatic rings. The molecular weight excluding hydrogens is 382 g/mol. The van der Waals surface area contributed by atoms with Crippen molar-refractivity contribution in [2.24, 2.45) is 0 Å². The zero-order valence-corrected chi connectivity index (χ0v) is 15.9. The normalized spacial score (nSPS) is 11.0. The highest BCUT2D eigenvalue weighted by atomic mass is 19.3. The molecule has 0 fully saturated rings. The smallest absolute Gasteiger partial charge is 0.387 e. The van der Waals surface area contributed by atoms with Gasteiger partial charge in [-0.05, 0) is 47.9 Å². The summed E-state index contributed by atoms with van der Waals surface area (Å²) < 4.78 is 39.0. The molecule has 0 aliphatic carbocycles. The van der Waals surface area contributed by atoms with Crippen molar-refractivity contribution in [2.75, 3.05) is 20.8 Å². The van der Waals surface area contributed by atoms with Gasteiger partial charge in [0.15, 0.2) is 11.5 Å². The summed E-state index contributed by atoms with van der Waals surface area (Å²) in [4.78, 5) is 12.2. The Bertz CT molecular complexity index is 906. The van der Waals surface area contributed by atoms with Crippen molar-refractivity contribution < 1.29 is 27.8 Å². The number of nitrogens with one attached hydrogen (secondary N) is 1. The van der Waals surface area contributed by atoms with Crippen LogP contribution in [0, 0.1) is 11.3 Å². The Morgan fingerprint density at radius 2 is 1.83 bits per heavy atom. The van der Waals surface area contributed by atoms with E-state index in [1.54, 1.807) is 20.3 Å². The van der Waals surface area contributed by atoms with E-state index in [1.807, 2.05) is 18.2 Å². The molecule has 1 amide bonds. The number of halogens is 2. The van der Waals surface area contributed by atoms with E-state index < -0.39 is 12.5 Å². The Morgan fingerprint density at radius 1 is 1.14 bits per heavy atom. The van der Waals surface area contributed by atoms with E-state index in [0.717, 1.165) is 5.56 Å². The average Bonchev–Trinajstić information content (AvgIpc) is 2.72.